The van der Waals surface area contributed by atoms with E-state index in [2.05, 4.69) is 5.32 Å². The fourth-order valence-electron chi connectivity index (χ4n) is 1.49. The Morgan fingerprint density at radius 3 is 2.59 bits per heavy atom. The van der Waals surface area contributed by atoms with E-state index in [9.17, 15) is 9.59 Å². The van der Waals surface area contributed by atoms with E-state index < -0.39 is 11.9 Å². The normalized spacial score (nSPS) is 9.47. The summed E-state index contributed by atoms with van der Waals surface area (Å²) in [5, 5.41) is 19.7. The minimum atomic E-state index is -1.58. The monoisotopic (exact) mass is 232 g/mol. The molecule has 5 heteroatoms. The molecule has 0 spiro atoms. The summed E-state index contributed by atoms with van der Waals surface area (Å²) in [5.41, 5.74) is 2.18. The second-order valence-electron chi connectivity index (χ2n) is 3.56. The van der Waals surface area contributed by atoms with Crippen LogP contribution < -0.4 is 5.32 Å². The van der Waals surface area contributed by atoms with E-state index in [1.54, 1.807) is 13.0 Å². The Hall–Kier alpha value is -2.35. The summed E-state index contributed by atoms with van der Waals surface area (Å²) in [5.74, 6) is -2.72. The lowest BCUT2D eigenvalue weighted by molar-refractivity contribution is -0.147. The number of aryl methyl sites for hydroxylation is 2. The van der Waals surface area contributed by atoms with Gasteiger partial charge in [-0.1, -0.05) is 13.0 Å². The summed E-state index contributed by atoms with van der Waals surface area (Å²) in [6.07, 6.45) is 0.739. The van der Waals surface area contributed by atoms with Gasteiger partial charge in [-0.25, -0.2) is 4.79 Å². The molecule has 0 saturated carbocycles. The highest BCUT2D eigenvalue weighted by molar-refractivity contribution is 6.36. The molecule has 0 bridgehead atoms. The zero-order chi connectivity index (χ0) is 13.0. The quantitative estimate of drug-likeness (QED) is 0.755. The van der Waals surface area contributed by atoms with Gasteiger partial charge in [0.05, 0.1) is 11.3 Å². The third-order valence-electron chi connectivity index (χ3n) is 2.36. The van der Waals surface area contributed by atoms with Crippen molar-refractivity contribution in [2.24, 2.45) is 0 Å². The molecule has 1 aromatic carbocycles. The first kappa shape index (κ1) is 12.7. The Kier molecular flexibility index (Phi) is 3.83. The Balaban J connectivity index is 3.21. The van der Waals surface area contributed by atoms with E-state index in [1.165, 1.54) is 0 Å². The first-order valence-electron chi connectivity index (χ1n) is 5.07. The number of anilines is 1. The summed E-state index contributed by atoms with van der Waals surface area (Å²) >= 11 is 0. The predicted molar refractivity (Wildman–Crippen MR) is 61.5 cm³/mol. The second kappa shape index (κ2) is 5.12. The zero-order valence-electron chi connectivity index (χ0n) is 9.57. The van der Waals surface area contributed by atoms with Crippen LogP contribution in [0.1, 0.15) is 23.6 Å². The topological polar surface area (TPSA) is 90.2 Å². The predicted octanol–water partition coefficient (Wildman–Crippen LogP) is 1.45. The molecule has 0 aliphatic rings. The van der Waals surface area contributed by atoms with Gasteiger partial charge < -0.3 is 10.4 Å². The van der Waals surface area contributed by atoms with Crippen molar-refractivity contribution in [3.8, 4) is 6.07 Å². The maximum Gasteiger partial charge on any atom is 0.394 e. The Labute approximate surface area is 98.7 Å². The van der Waals surface area contributed by atoms with Gasteiger partial charge in [-0.3, -0.25) is 4.79 Å². The van der Waals surface area contributed by atoms with Crippen LogP contribution in [0.2, 0.25) is 0 Å². The number of carbonyl (C=O) groups excluding carboxylic acids is 1. The summed E-state index contributed by atoms with van der Waals surface area (Å²) in [7, 11) is 0. The lowest BCUT2D eigenvalue weighted by Crippen LogP contribution is -2.22. The van der Waals surface area contributed by atoms with E-state index >= 15 is 0 Å². The van der Waals surface area contributed by atoms with Crippen LogP contribution in [-0.2, 0) is 16.0 Å². The summed E-state index contributed by atoms with van der Waals surface area (Å²) < 4.78 is 0. The molecule has 17 heavy (non-hydrogen) atoms. The van der Waals surface area contributed by atoms with Crippen molar-refractivity contribution in [2.75, 3.05) is 5.32 Å². The van der Waals surface area contributed by atoms with Crippen LogP contribution >= 0.6 is 0 Å². The summed E-state index contributed by atoms with van der Waals surface area (Å²) in [6.45, 7) is 3.68. The van der Waals surface area contributed by atoms with Crippen LogP contribution in [0.3, 0.4) is 0 Å². The molecule has 0 fully saturated rings. The average Bonchev–Trinajstić information content (AvgIpc) is 2.28. The largest absolute Gasteiger partial charge is 0.474 e. The number of hydrogen-bond acceptors (Lipinski definition) is 3. The van der Waals surface area contributed by atoms with Crippen molar-refractivity contribution >= 4 is 17.6 Å². The highest BCUT2D eigenvalue weighted by Crippen LogP contribution is 2.21. The number of carboxylic acids is 1. The number of nitrogens with one attached hydrogen (secondary N) is 1. The maximum absolute atomic E-state index is 11.1. The molecule has 2 N–H and O–H groups in total. The highest BCUT2D eigenvalue weighted by Gasteiger charge is 2.15. The Bertz CT molecular complexity index is 515. The minimum absolute atomic E-state index is 0.247. The molecular weight excluding hydrogens is 220 g/mol. The van der Waals surface area contributed by atoms with Gasteiger partial charge in [-0.2, -0.15) is 5.26 Å². The first-order chi connectivity index (χ1) is 7.99. The molecule has 0 unspecified atom stereocenters. The van der Waals surface area contributed by atoms with Crippen molar-refractivity contribution in [3.63, 3.8) is 0 Å². The molecule has 1 rings (SSSR count). The van der Waals surface area contributed by atoms with Crippen molar-refractivity contribution < 1.29 is 14.7 Å². The lowest BCUT2D eigenvalue weighted by atomic mass is 10.0. The highest BCUT2D eigenvalue weighted by atomic mass is 16.4. The Morgan fingerprint density at radius 1 is 1.47 bits per heavy atom. The summed E-state index contributed by atoms with van der Waals surface area (Å²) in [4.78, 5) is 21.5. The molecule has 0 aliphatic heterocycles. The fraction of sp³-hybridized carbons (Fsp3) is 0.250. The van der Waals surface area contributed by atoms with Crippen LogP contribution in [0.5, 0.6) is 0 Å². The number of carbonyl (C=O) groups is 2. The SMILES string of the molecule is CCc1cc(C)c(C#N)c(NC(=O)C(=O)O)c1. The van der Waals surface area contributed by atoms with E-state index in [-0.39, 0.29) is 11.3 Å². The van der Waals surface area contributed by atoms with Gasteiger partial charge >= 0.3 is 11.9 Å². The number of nitrogens with zero attached hydrogens (tertiary/aromatic N) is 1. The van der Waals surface area contributed by atoms with E-state index in [1.807, 2.05) is 19.1 Å². The minimum Gasteiger partial charge on any atom is -0.474 e. The third-order valence-corrected chi connectivity index (χ3v) is 2.36. The molecule has 1 aromatic rings. The smallest absolute Gasteiger partial charge is 0.394 e. The second-order valence-corrected chi connectivity index (χ2v) is 3.56. The number of hydrogen-bond donors (Lipinski definition) is 2. The zero-order valence-corrected chi connectivity index (χ0v) is 9.57. The van der Waals surface area contributed by atoms with Crippen LogP contribution in [-0.4, -0.2) is 17.0 Å². The van der Waals surface area contributed by atoms with Gasteiger partial charge in [0, 0.05) is 0 Å². The maximum atomic E-state index is 11.1. The van der Waals surface area contributed by atoms with Crippen molar-refractivity contribution in [1.29, 1.82) is 5.26 Å². The van der Waals surface area contributed by atoms with Crippen molar-refractivity contribution in [2.45, 2.75) is 20.3 Å². The number of aliphatic carboxylic acids is 1. The van der Waals surface area contributed by atoms with Gasteiger partial charge in [0.25, 0.3) is 0 Å². The van der Waals surface area contributed by atoms with E-state index in [0.717, 1.165) is 12.0 Å². The van der Waals surface area contributed by atoms with Crippen LogP contribution in [0, 0.1) is 18.3 Å². The van der Waals surface area contributed by atoms with Gasteiger partial charge in [-0.05, 0) is 30.5 Å². The molecule has 0 aliphatic carbocycles. The molecule has 0 heterocycles. The van der Waals surface area contributed by atoms with Gasteiger partial charge in [0.1, 0.15) is 6.07 Å². The first-order valence-corrected chi connectivity index (χ1v) is 5.07. The number of benzene rings is 1. The summed E-state index contributed by atoms with van der Waals surface area (Å²) in [6, 6.07) is 5.41. The third kappa shape index (κ3) is 2.82. The number of nitriles is 1. The van der Waals surface area contributed by atoms with Gasteiger partial charge in [0.15, 0.2) is 0 Å². The number of rotatable bonds is 2. The van der Waals surface area contributed by atoms with Gasteiger partial charge in [-0.15, -0.1) is 0 Å². The molecule has 0 atom stereocenters. The molecule has 88 valence electrons. The van der Waals surface area contributed by atoms with Crippen molar-refractivity contribution in [3.05, 3.63) is 28.8 Å². The van der Waals surface area contributed by atoms with Crippen molar-refractivity contribution in [1.82, 2.24) is 0 Å². The molecule has 5 nitrogen and oxygen atoms in total. The van der Waals surface area contributed by atoms with Crippen LogP contribution in [0.15, 0.2) is 12.1 Å². The van der Waals surface area contributed by atoms with E-state index in [0.29, 0.717) is 5.56 Å². The van der Waals surface area contributed by atoms with Crippen LogP contribution in [0.4, 0.5) is 5.69 Å². The Morgan fingerprint density at radius 2 is 2.12 bits per heavy atom. The fourth-order valence-corrected chi connectivity index (χ4v) is 1.49. The average molecular weight is 232 g/mol. The van der Waals surface area contributed by atoms with Crippen LogP contribution in [0.25, 0.3) is 0 Å². The molecule has 0 saturated heterocycles. The number of carboxylic acid groups (broad SMARTS) is 1. The molecule has 0 radical (unpaired) electrons. The molecule has 1 amide bonds. The molecular formula is C12H12N2O3. The lowest BCUT2D eigenvalue weighted by Gasteiger charge is -2.09. The van der Waals surface area contributed by atoms with Gasteiger partial charge in [0.2, 0.25) is 0 Å². The standard InChI is InChI=1S/C12H12N2O3/c1-3-8-4-7(2)9(6-13)10(5-8)14-11(15)12(16)17/h4-5H,3H2,1-2H3,(H,14,15)(H,16,17). The number of amides is 1. The molecule has 0 aromatic heterocycles. The van der Waals surface area contributed by atoms with E-state index in [4.69, 9.17) is 10.4 Å².